The monoisotopic (exact) mass is 189 g/mol. The van der Waals surface area contributed by atoms with Crippen molar-refractivity contribution in [2.45, 2.75) is 12.0 Å². The average molecular weight is 189 g/mol. The minimum atomic E-state index is -0.770. The zero-order valence-corrected chi connectivity index (χ0v) is 8.35. The highest BCUT2D eigenvalue weighted by Crippen LogP contribution is 2.29. The summed E-state index contributed by atoms with van der Waals surface area (Å²) in [6.07, 6.45) is 4.56. The Morgan fingerprint density at radius 2 is 2.00 bits per heavy atom. The van der Waals surface area contributed by atoms with E-state index in [1.807, 2.05) is 49.7 Å². The van der Waals surface area contributed by atoms with Gasteiger partial charge in [-0.1, -0.05) is 30.3 Å². The van der Waals surface area contributed by atoms with E-state index >= 15 is 0 Å². The normalized spacial score (nSPS) is 26.6. The SMILES string of the molecule is CN1C=CC(O)(c2ccccc2)CC1. The summed E-state index contributed by atoms with van der Waals surface area (Å²) in [5, 5.41) is 10.3. The fourth-order valence-corrected chi connectivity index (χ4v) is 1.72. The largest absolute Gasteiger partial charge is 0.381 e. The molecule has 2 nitrogen and oxygen atoms in total. The molecule has 0 saturated heterocycles. The van der Waals surface area contributed by atoms with Gasteiger partial charge in [-0.2, -0.15) is 0 Å². The molecule has 0 bridgehead atoms. The molecule has 0 spiro atoms. The van der Waals surface area contributed by atoms with E-state index < -0.39 is 5.60 Å². The van der Waals surface area contributed by atoms with Crippen LogP contribution in [0.25, 0.3) is 0 Å². The first kappa shape index (κ1) is 9.28. The van der Waals surface area contributed by atoms with E-state index in [1.165, 1.54) is 0 Å². The number of hydrogen-bond acceptors (Lipinski definition) is 2. The third-order valence-corrected chi connectivity index (χ3v) is 2.72. The molecule has 2 rings (SSSR count). The van der Waals surface area contributed by atoms with Crippen molar-refractivity contribution in [1.82, 2.24) is 4.90 Å². The van der Waals surface area contributed by atoms with Crippen molar-refractivity contribution in [2.24, 2.45) is 0 Å². The lowest BCUT2D eigenvalue weighted by atomic mass is 9.88. The molecule has 1 heterocycles. The second-order valence-corrected chi connectivity index (χ2v) is 3.84. The van der Waals surface area contributed by atoms with Gasteiger partial charge in [-0.25, -0.2) is 0 Å². The summed E-state index contributed by atoms with van der Waals surface area (Å²) in [4.78, 5) is 2.08. The highest BCUT2D eigenvalue weighted by atomic mass is 16.3. The van der Waals surface area contributed by atoms with Crippen LogP contribution >= 0.6 is 0 Å². The maximum Gasteiger partial charge on any atom is 0.111 e. The van der Waals surface area contributed by atoms with Crippen LogP contribution in [0.15, 0.2) is 42.6 Å². The fraction of sp³-hybridized carbons (Fsp3) is 0.333. The van der Waals surface area contributed by atoms with Gasteiger partial charge in [-0.15, -0.1) is 0 Å². The lowest BCUT2D eigenvalue weighted by Crippen LogP contribution is -2.32. The molecule has 1 N–H and O–H groups in total. The van der Waals surface area contributed by atoms with Gasteiger partial charge in [0.15, 0.2) is 0 Å². The van der Waals surface area contributed by atoms with Crippen LogP contribution in [0.1, 0.15) is 12.0 Å². The molecule has 1 aromatic carbocycles. The highest BCUT2D eigenvalue weighted by Gasteiger charge is 2.28. The van der Waals surface area contributed by atoms with Gasteiger partial charge in [-0.05, 0) is 17.8 Å². The molecule has 0 aliphatic carbocycles. The molecule has 1 atom stereocenters. The Hall–Kier alpha value is -1.28. The molecule has 14 heavy (non-hydrogen) atoms. The Morgan fingerprint density at radius 3 is 2.57 bits per heavy atom. The molecule has 1 aliphatic rings. The number of hydrogen-bond donors (Lipinski definition) is 1. The quantitative estimate of drug-likeness (QED) is 0.727. The van der Waals surface area contributed by atoms with Gasteiger partial charge in [-0.3, -0.25) is 0 Å². The summed E-state index contributed by atoms with van der Waals surface area (Å²) in [5.74, 6) is 0. The van der Waals surface area contributed by atoms with E-state index in [2.05, 4.69) is 4.90 Å². The predicted molar refractivity (Wildman–Crippen MR) is 56.7 cm³/mol. The van der Waals surface area contributed by atoms with Crippen molar-refractivity contribution in [1.29, 1.82) is 0 Å². The Bertz CT molecular complexity index is 333. The van der Waals surface area contributed by atoms with Crippen LogP contribution in [0, 0.1) is 0 Å². The summed E-state index contributed by atoms with van der Waals surface area (Å²) >= 11 is 0. The Balaban J connectivity index is 2.30. The summed E-state index contributed by atoms with van der Waals surface area (Å²) < 4.78 is 0. The van der Waals surface area contributed by atoms with E-state index in [1.54, 1.807) is 0 Å². The highest BCUT2D eigenvalue weighted by molar-refractivity contribution is 5.28. The van der Waals surface area contributed by atoms with E-state index in [-0.39, 0.29) is 0 Å². The second-order valence-electron chi connectivity index (χ2n) is 3.84. The molecule has 0 fully saturated rings. The van der Waals surface area contributed by atoms with Gasteiger partial charge in [0, 0.05) is 20.0 Å². The van der Waals surface area contributed by atoms with Gasteiger partial charge in [0.2, 0.25) is 0 Å². The van der Waals surface area contributed by atoms with Crippen molar-refractivity contribution >= 4 is 0 Å². The summed E-state index contributed by atoms with van der Waals surface area (Å²) in [6.45, 7) is 0.891. The molecule has 1 aromatic rings. The summed E-state index contributed by atoms with van der Waals surface area (Å²) in [6, 6.07) is 9.82. The van der Waals surface area contributed by atoms with Gasteiger partial charge in [0.25, 0.3) is 0 Å². The van der Waals surface area contributed by atoms with E-state index in [0.717, 1.165) is 18.5 Å². The zero-order valence-electron chi connectivity index (χ0n) is 8.35. The van der Waals surface area contributed by atoms with Gasteiger partial charge >= 0.3 is 0 Å². The summed E-state index contributed by atoms with van der Waals surface area (Å²) in [7, 11) is 2.01. The fourth-order valence-electron chi connectivity index (χ4n) is 1.72. The van der Waals surface area contributed by atoms with Crippen LogP contribution in [0.5, 0.6) is 0 Å². The van der Waals surface area contributed by atoms with Gasteiger partial charge < -0.3 is 10.0 Å². The third kappa shape index (κ3) is 1.66. The number of rotatable bonds is 1. The molecular weight excluding hydrogens is 174 g/mol. The lowest BCUT2D eigenvalue weighted by molar-refractivity contribution is 0.0618. The topological polar surface area (TPSA) is 23.5 Å². The maximum atomic E-state index is 10.3. The van der Waals surface area contributed by atoms with Crippen molar-refractivity contribution in [3.8, 4) is 0 Å². The van der Waals surface area contributed by atoms with Gasteiger partial charge in [0.05, 0.1) is 0 Å². The molecule has 2 heteroatoms. The summed E-state index contributed by atoms with van der Waals surface area (Å²) in [5.41, 5.74) is 0.206. The molecule has 0 radical (unpaired) electrons. The van der Waals surface area contributed by atoms with Crippen molar-refractivity contribution in [3.05, 3.63) is 48.2 Å². The van der Waals surface area contributed by atoms with Crippen molar-refractivity contribution in [3.63, 3.8) is 0 Å². The zero-order chi connectivity index (χ0) is 10.0. The number of benzene rings is 1. The molecule has 0 aromatic heterocycles. The Labute approximate surface area is 84.5 Å². The van der Waals surface area contributed by atoms with Gasteiger partial charge in [0.1, 0.15) is 5.60 Å². The molecule has 1 unspecified atom stereocenters. The van der Waals surface area contributed by atoms with Crippen LogP contribution < -0.4 is 0 Å². The standard InChI is InChI=1S/C12H15NO/c1-13-9-7-12(14,8-10-13)11-5-3-2-4-6-11/h2-7,9,14H,8,10H2,1H3. The first-order valence-electron chi connectivity index (χ1n) is 4.88. The van der Waals surface area contributed by atoms with Crippen molar-refractivity contribution in [2.75, 3.05) is 13.6 Å². The number of aliphatic hydroxyl groups is 1. The third-order valence-electron chi connectivity index (χ3n) is 2.72. The molecule has 1 aliphatic heterocycles. The maximum absolute atomic E-state index is 10.3. The van der Waals surface area contributed by atoms with Crippen LogP contribution in [0.4, 0.5) is 0 Å². The lowest BCUT2D eigenvalue weighted by Gasteiger charge is -2.32. The predicted octanol–water partition coefficient (Wildman–Crippen LogP) is 1.72. The average Bonchev–Trinajstić information content (AvgIpc) is 2.24. The van der Waals surface area contributed by atoms with Crippen LogP contribution in [-0.2, 0) is 5.60 Å². The number of nitrogens with zero attached hydrogens (tertiary/aromatic N) is 1. The first-order chi connectivity index (χ1) is 6.71. The Morgan fingerprint density at radius 1 is 1.29 bits per heavy atom. The molecule has 0 amide bonds. The molecule has 74 valence electrons. The van der Waals surface area contributed by atoms with E-state index in [0.29, 0.717) is 0 Å². The molecule has 0 saturated carbocycles. The van der Waals surface area contributed by atoms with E-state index in [4.69, 9.17) is 0 Å². The Kier molecular flexibility index (Phi) is 2.30. The minimum Gasteiger partial charge on any atom is -0.381 e. The van der Waals surface area contributed by atoms with Crippen molar-refractivity contribution < 1.29 is 5.11 Å². The van der Waals surface area contributed by atoms with Crippen LogP contribution in [0.3, 0.4) is 0 Å². The van der Waals surface area contributed by atoms with E-state index in [9.17, 15) is 5.11 Å². The minimum absolute atomic E-state index is 0.754. The molecular formula is C12H15NO. The second kappa shape index (κ2) is 3.46. The van der Waals surface area contributed by atoms with Crippen LogP contribution in [-0.4, -0.2) is 23.6 Å². The van der Waals surface area contributed by atoms with Crippen LogP contribution in [0.2, 0.25) is 0 Å². The smallest absolute Gasteiger partial charge is 0.111 e. The first-order valence-corrected chi connectivity index (χ1v) is 4.88.